The topological polar surface area (TPSA) is 40.5 Å². The molecule has 0 amide bonds. The van der Waals surface area contributed by atoms with Gasteiger partial charge in [-0.15, -0.1) is 0 Å². The summed E-state index contributed by atoms with van der Waals surface area (Å²) >= 11 is 0. The van der Waals surface area contributed by atoms with Gasteiger partial charge in [0.05, 0.1) is 13.2 Å². The van der Waals surface area contributed by atoms with E-state index in [0.717, 1.165) is 17.0 Å². The molecule has 2 N–H and O–H groups in total. The van der Waals surface area contributed by atoms with E-state index in [1.54, 1.807) is 0 Å². The molecule has 0 bridgehead atoms. The molecule has 0 saturated heterocycles. The highest BCUT2D eigenvalue weighted by Crippen LogP contribution is 2.34. The van der Waals surface area contributed by atoms with E-state index in [9.17, 15) is 0 Å². The minimum absolute atomic E-state index is 0.140. The van der Waals surface area contributed by atoms with Crippen LogP contribution in [0.15, 0.2) is 54.6 Å². The van der Waals surface area contributed by atoms with Crippen molar-refractivity contribution in [3.05, 3.63) is 76.9 Å². The maximum atomic E-state index is 9.00. The molecule has 4 rings (SSSR count). The van der Waals surface area contributed by atoms with Crippen LogP contribution >= 0.6 is 0 Å². The van der Waals surface area contributed by atoms with Crippen LogP contribution < -0.4 is 0 Å². The second-order valence-corrected chi connectivity index (χ2v) is 7.36. The van der Waals surface area contributed by atoms with Gasteiger partial charge < -0.3 is 10.2 Å². The molecular formula is C24H30O2. The smallest absolute Gasteiger partial charge is 0.0682 e. The highest BCUT2D eigenvalue weighted by molar-refractivity contribution is 5.67. The predicted molar refractivity (Wildman–Crippen MR) is 108 cm³/mol. The molecule has 2 heteroatoms. The molecule has 0 atom stereocenters. The molecule has 138 valence electrons. The molecule has 0 spiro atoms. The first kappa shape index (κ1) is 18.9. The van der Waals surface area contributed by atoms with E-state index < -0.39 is 0 Å². The highest BCUT2D eigenvalue weighted by Gasteiger charge is 2.16. The second-order valence-electron chi connectivity index (χ2n) is 7.36. The molecular weight excluding hydrogens is 320 g/mol. The zero-order chi connectivity index (χ0) is 18.2. The van der Waals surface area contributed by atoms with Crippen molar-refractivity contribution in [3.8, 4) is 0 Å². The molecule has 2 aliphatic carbocycles. The molecule has 0 aromatic heterocycles. The number of hydrogen-bond acceptors (Lipinski definition) is 2. The molecule has 2 nitrogen and oxygen atoms in total. The largest absolute Gasteiger partial charge is 0.392 e. The van der Waals surface area contributed by atoms with Gasteiger partial charge in [0.1, 0.15) is 0 Å². The fourth-order valence-corrected chi connectivity index (χ4v) is 4.01. The van der Waals surface area contributed by atoms with Gasteiger partial charge >= 0.3 is 0 Å². The van der Waals surface area contributed by atoms with Crippen molar-refractivity contribution in [2.75, 3.05) is 0 Å². The molecule has 2 aliphatic rings. The van der Waals surface area contributed by atoms with Crippen molar-refractivity contribution in [1.29, 1.82) is 0 Å². The lowest BCUT2D eigenvalue weighted by atomic mass is 9.96. The van der Waals surface area contributed by atoms with Crippen LogP contribution in [0, 0.1) is 0 Å². The van der Waals surface area contributed by atoms with Crippen LogP contribution in [0.2, 0.25) is 0 Å². The zero-order valence-corrected chi connectivity index (χ0v) is 15.5. The second kappa shape index (κ2) is 9.70. The molecule has 1 saturated carbocycles. The summed E-state index contributed by atoms with van der Waals surface area (Å²) in [7, 11) is 0. The van der Waals surface area contributed by atoms with Gasteiger partial charge in [-0.05, 0) is 71.9 Å². The maximum absolute atomic E-state index is 9.00. The van der Waals surface area contributed by atoms with E-state index in [1.165, 1.54) is 61.6 Å². The van der Waals surface area contributed by atoms with E-state index in [-0.39, 0.29) is 13.2 Å². The number of aliphatic hydroxyl groups is 2. The Bertz CT molecular complexity index is 726. The summed E-state index contributed by atoms with van der Waals surface area (Å²) in [5.74, 6) is 0.756. The SMILES string of the molecule is OCc1cccc(C2=CCCC2)c1.OCc1cccc(C2CCCC2)c1. The van der Waals surface area contributed by atoms with Crippen molar-refractivity contribution in [2.45, 2.75) is 64.1 Å². The van der Waals surface area contributed by atoms with Gasteiger partial charge in [-0.2, -0.15) is 0 Å². The van der Waals surface area contributed by atoms with E-state index >= 15 is 0 Å². The van der Waals surface area contributed by atoms with Crippen molar-refractivity contribution in [1.82, 2.24) is 0 Å². The minimum Gasteiger partial charge on any atom is -0.392 e. The summed E-state index contributed by atoms with van der Waals surface area (Å²) in [5, 5.41) is 18.0. The van der Waals surface area contributed by atoms with Crippen molar-refractivity contribution in [2.24, 2.45) is 0 Å². The Labute approximate surface area is 157 Å². The van der Waals surface area contributed by atoms with Gasteiger partial charge in [0.2, 0.25) is 0 Å². The minimum atomic E-state index is 0.140. The fourth-order valence-electron chi connectivity index (χ4n) is 4.01. The molecule has 1 fully saturated rings. The first-order valence-corrected chi connectivity index (χ1v) is 9.89. The van der Waals surface area contributed by atoms with E-state index in [0.29, 0.717) is 0 Å². The molecule has 0 unspecified atom stereocenters. The van der Waals surface area contributed by atoms with Gasteiger partial charge in [0.25, 0.3) is 0 Å². The van der Waals surface area contributed by atoms with Crippen LogP contribution in [0.1, 0.15) is 73.1 Å². The Kier molecular flexibility index (Phi) is 7.04. The number of aliphatic hydroxyl groups excluding tert-OH is 2. The summed E-state index contributed by atoms with van der Waals surface area (Å²) in [4.78, 5) is 0. The van der Waals surface area contributed by atoms with Crippen LogP contribution in [-0.2, 0) is 13.2 Å². The highest BCUT2D eigenvalue weighted by atomic mass is 16.3. The standard InChI is InChI=1S/C12H16O.C12H14O/c2*13-9-10-4-3-7-12(8-10)11-5-1-2-6-11/h3-4,7-8,11,13H,1-2,5-6,9H2;3-5,7-8,13H,1-2,6,9H2. The van der Waals surface area contributed by atoms with E-state index in [1.807, 2.05) is 18.2 Å². The Balaban J connectivity index is 0.000000151. The molecule has 2 aromatic rings. The molecule has 0 heterocycles. The van der Waals surface area contributed by atoms with Crippen molar-refractivity contribution < 1.29 is 10.2 Å². The van der Waals surface area contributed by atoms with Gasteiger partial charge in [0, 0.05) is 0 Å². The van der Waals surface area contributed by atoms with Crippen molar-refractivity contribution in [3.63, 3.8) is 0 Å². The third-order valence-electron chi connectivity index (χ3n) is 5.48. The Morgan fingerprint density at radius 1 is 0.808 bits per heavy atom. The first-order chi connectivity index (χ1) is 12.8. The van der Waals surface area contributed by atoms with Gasteiger partial charge in [0.15, 0.2) is 0 Å². The van der Waals surface area contributed by atoms with Crippen LogP contribution in [-0.4, -0.2) is 10.2 Å². The molecule has 0 aliphatic heterocycles. The molecule has 26 heavy (non-hydrogen) atoms. The number of allylic oxidation sites excluding steroid dienone is 2. The van der Waals surface area contributed by atoms with E-state index in [4.69, 9.17) is 10.2 Å². The quantitative estimate of drug-likeness (QED) is 0.755. The zero-order valence-electron chi connectivity index (χ0n) is 15.5. The van der Waals surface area contributed by atoms with Gasteiger partial charge in [-0.25, -0.2) is 0 Å². The fraction of sp³-hybridized carbons (Fsp3) is 0.417. The summed E-state index contributed by atoms with van der Waals surface area (Å²) in [6.07, 6.45) is 11.4. The monoisotopic (exact) mass is 350 g/mol. The lowest BCUT2D eigenvalue weighted by Gasteiger charge is -2.09. The lowest BCUT2D eigenvalue weighted by molar-refractivity contribution is 0.281. The summed E-state index contributed by atoms with van der Waals surface area (Å²) in [6.45, 7) is 0.307. The Morgan fingerprint density at radius 3 is 2.15 bits per heavy atom. The third-order valence-corrected chi connectivity index (χ3v) is 5.48. The number of hydrogen-bond donors (Lipinski definition) is 2. The predicted octanol–water partition coefficient (Wildman–Crippen LogP) is 5.58. The summed E-state index contributed by atoms with van der Waals surface area (Å²) in [5.41, 5.74) is 6.19. The normalized spacial score (nSPS) is 16.9. The third kappa shape index (κ3) is 5.06. The van der Waals surface area contributed by atoms with Crippen LogP contribution in [0.4, 0.5) is 0 Å². The van der Waals surface area contributed by atoms with Crippen LogP contribution in [0.25, 0.3) is 5.57 Å². The average Bonchev–Trinajstić information content (AvgIpc) is 3.42. The van der Waals surface area contributed by atoms with Crippen molar-refractivity contribution >= 4 is 5.57 Å². The van der Waals surface area contributed by atoms with E-state index in [2.05, 4.69) is 36.4 Å². The van der Waals surface area contributed by atoms with Gasteiger partial charge in [-0.3, -0.25) is 0 Å². The summed E-state index contributed by atoms with van der Waals surface area (Å²) < 4.78 is 0. The number of rotatable bonds is 4. The van der Waals surface area contributed by atoms with Gasteiger partial charge in [-0.1, -0.05) is 61.4 Å². The Hall–Kier alpha value is -1.90. The summed E-state index contributed by atoms with van der Waals surface area (Å²) in [6, 6.07) is 16.6. The maximum Gasteiger partial charge on any atom is 0.0682 e. The van der Waals surface area contributed by atoms with Crippen LogP contribution in [0.3, 0.4) is 0 Å². The Morgan fingerprint density at radius 2 is 1.50 bits per heavy atom. The average molecular weight is 351 g/mol. The first-order valence-electron chi connectivity index (χ1n) is 9.89. The number of benzene rings is 2. The molecule has 2 aromatic carbocycles. The molecule has 0 radical (unpaired) electrons. The lowest BCUT2D eigenvalue weighted by Crippen LogP contribution is -1.93. The van der Waals surface area contributed by atoms with Crippen LogP contribution in [0.5, 0.6) is 0 Å².